The predicted molar refractivity (Wildman–Crippen MR) is 84.0 cm³/mol. The average molecular weight is 295 g/mol. The number of carbonyl (C=O) groups is 1. The van der Waals surface area contributed by atoms with E-state index in [1.165, 1.54) is 17.7 Å². The first-order chi connectivity index (χ1) is 9.69. The number of rotatable bonds is 6. The highest BCUT2D eigenvalue weighted by molar-refractivity contribution is 7.10. The van der Waals surface area contributed by atoms with E-state index in [1.54, 1.807) is 11.3 Å². The summed E-state index contributed by atoms with van der Waals surface area (Å²) in [6.45, 7) is 5.69. The Hall–Kier alpha value is -0.910. The molecule has 0 bridgehead atoms. The summed E-state index contributed by atoms with van der Waals surface area (Å²) >= 11 is 1.69. The molecule has 1 aromatic rings. The van der Waals surface area contributed by atoms with E-state index in [9.17, 15) is 4.79 Å². The van der Waals surface area contributed by atoms with Gasteiger partial charge in [0.05, 0.1) is 12.6 Å². The summed E-state index contributed by atoms with van der Waals surface area (Å²) in [5.74, 6) is 0.812. The van der Waals surface area contributed by atoms with E-state index < -0.39 is 0 Å². The van der Waals surface area contributed by atoms with Gasteiger partial charge >= 0.3 is 0 Å². The Morgan fingerprint density at radius 1 is 1.60 bits per heavy atom. The molecule has 2 atom stereocenters. The van der Waals surface area contributed by atoms with E-state index in [1.807, 2.05) is 25.4 Å². The largest absolute Gasteiger partial charge is 0.348 e. The van der Waals surface area contributed by atoms with Gasteiger partial charge in [-0.1, -0.05) is 6.07 Å². The van der Waals surface area contributed by atoms with Gasteiger partial charge in [-0.2, -0.15) is 0 Å². The Bertz CT molecular complexity index is 405. The van der Waals surface area contributed by atoms with Gasteiger partial charge in [0.1, 0.15) is 0 Å². The molecule has 112 valence electrons. The standard InChI is InChI=1S/C15H25N3OS/c1-12(14-6-4-8-20-14)17-15(19)11-18-7-3-5-13(10-18)9-16-2/h4,6,8,12-13,16H,3,5,7,9-11H2,1-2H3,(H,17,19). The van der Waals surface area contributed by atoms with Crippen LogP contribution in [0.3, 0.4) is 0 Å². The fourth-order valence-corrected chi connectivity index (χ4v) is 3.58. The first kappa shape index (κ1) is 15.5. The van der Waals surface area contributed by atoms with Crippen molar-refractivity contribution >= 4 is 17.2 Å². The summed E-state index contributed by atoms with van der Waals surface area (Å²) < 4.78 is 0. The Morgan fingerprint density at radius 3 is 3.15 bits per heavy atom. The molecule has 20 heavy (non-hydrogen) atoms. The number of piperidine rings is 1. The quantitative estimate of drug-likeness (QED) is 0.842. The van der Waals surface area contributed by atoms with Crippen molar-refractivity contribution in [2.75, 3.05) is 33.2 Å². The summed E-state index contributed by atoms with van der Waals surface area (Å²) in [5.41, 5.74) is 0. The summed E-state index contributed by atoms with van der Waals surface area (Å²) in [6, 6.07) is 4.20. The van der Waals surface area contributed by atoms with Crippen molar-refractivity contribution in [2.24, 2.45) is 5.92 Å². The number of hydrogen-bond donors (Lipinski definition) is 2. The van der Waals surface area contributed by atoms with E-state index in [-0.39, 0.29) is 11.9 Å². The monoisotopic (exact) mass is 295 g/mol. The summed E-state index contributed by atoms with van der Waals surface area (Å²) in [6.07, 6.45) is 2.46. The van der Waals surface area contributed by atoms with Crippen molar-refractivity contribution < 1.29 is 4.79 Å². The summed E-state index contributed by atoms with van der Waals surface area (Å²) in [7, 11) is 1.99. The maximum absolute atomic E-state index is 12.1. The third-order valence-corrected chi connectivity index (χ3v) is 4.87. The molecule has 4 nitrogen and oxygen atoms in total. The van der Waals surface area contributed by atoms with Gasteiger partial charge in [0.15, 0.2) is 0 Å². The minimum Gasteiger partial charge on any atom is -0.348 e. The van der Waals surface area contributed by atoms with Crippen molar-refractivity contribution in [1.29, 1.82) is 0 Å². The molecule has 5 heteroatoms. The number of hydrogen-bond acceptors (Lipinski definition) is 4. The Morgan fingerprint density at radius 2 is 2.45 bits per heavy atom. The van der Waals surface area contributed by atoms with Crippen LogP contribution < -0.4 is 10.6 Å². The zero-order valence-electron chi connectivity index (χ0n) is 12.4. The Balaban J connectivity index is 1.76. The molecule has 2 rings (SSSR count). The molecule has 1 saturated heterocycles. The Labute approximate surface area is 125 Å². The molecule has 1 aromatic heterocycles. The third-order valence-electron chi connectivity index (χ3n) is 3.81. The molecular weight excluding hydrogens is 270 g/mol. The van der Waals surface area contributed by atoms with Crippen molar-refractivity contribution in [3.05, 3.63) is 22.4 Å². The number of amides is 1. The zero-order valence-corrected chi connectivity index (χ0v) is 13.2. The van der Waals surface area contributed by atoms with E-state index >= 15 is 0 Å². The maximum Gasteiger partial charge on any atom is 0.234 e. The lowest BCUT2D eigenvalue weighted by Gasteiger charge is -2.32. The van der Waals surface area contributed by atoms with Gasteiger partial charge in [0, 0.05) is 11.4 Å². The number of nitrogens with one attached hydrogen (secondary N) is 2. The second kappa shape index (κ2) is 7.76. The van der Waals surface area contributed by atoms with Crippen LogP contribution in [-0.2, 0) is 4.79 Å². The predicted octanol–water partition coefficient (Wildman–Crippen LogP) is 1.86. The van der Waals surface area contributed by atoms with Crippen LogP contribution in [0, 0.1) is 5.92 Å². The number of likely N-dealkylation sites (tertiary alicyclic amines) is 1. The van der Waals surface area contributed by atoms with Crippen LogP contribution in [0.25, 0.3) is 0 Å². The molecule has 0 spiro atoms. The minimum atomic E-state index is 0.111. The van der Waals surface area contributed by atoms with Crippen LogP contribution >= 0.6 is 11.3 Å². The normalized spacial score (nSPS) is 21.6. The van der Waals surface area contributed by atoms with Crippen LogP contribution in [-0.4, -0.2) is 44.0 Å². The number of thiophene rings is 1. The van der Waals surface area contributed by atoms with E-state index in [2.05, 4.69) is 21.6 Å². The number of nitrogens with zero attached hydrogens (tertiary/aromatic N) is 1. The molecule has 0 radical (unpaired) electrons. The second-order valence-electron chi connectivity index (χ2n) is 5.61. The fraction of sp³-hybridized carbons (Fsp3) is 0.667. The highest BCUT2D eigenvalue weighted by Gasteiger charge is 2.21. The maximum atomic E-state index is 12.1. The summed E-state index contributed by atoms with van der Waals surface area (Å²) in [5, 5.41) is 8.37. The second-order valence-corrected chi connectivity index (χ2v) is 6.58. The summed E-state index contributed by atoms with van der Waals surface area (Å²) in [4.78, 5) is 15.6. The topological polar surface area (TPSA) is 44.4 Å². The van der Waals surface area contributed by atoms with Gasteiger partial charge in [-0.05, 0) is 57.3 Å². The molecule has 0 aromatic carbocycles. The lowest BCUT2D eigenvalue weighted by Crippen LogP contribution is -2.44. The van der Waals surface area contributed by atoms with Crippen molar-refractivity contribution in [3.63, 3.8) is 0 Å². The van der Waals surface area contributed by atoms with Crippen LogP contribution in [0.4, 0.5) is 0 Å². The van der Waals surface area contributed by atoms with Gasteiger partial charge in [0.25, 0.3) is 0 Å². The SMILES string of the molecule is CNCC1CCCN(CC(=O)NC(C)c2cccs2)C1. The van der Waals surface area contributed by atoms with Gasteiger partial charge in [-0.25, -0.2) is 0 Å². The van der Waals surface area contributed by atoms with Crippen LogP contribution in [0.5, 0.6) is 0 Å². The van der Waals surface area contributed by atoms with Crippen molar-refractivity contribution in [2.45, 2.75) is 25.8 Å². The van der Waals surface area contributed by atoms with Crippen LogP contribution in [0.2, 0.25) is 0 Å². The van der Waals surface area contributed by atoms with Gasteiger partial charge in [0.2, 0.25) is 5.91 Å². The van der Waals surface area contributed by atoms with E-state index in [0.717, 1.165) is 19.6 Å². The lowest BCUT2D eigenvalue weighted by atomic mass is 9.98. The van der Waals surface area contributed by atoms with Crippen molar-refractivity contribution in [1.82, 2.24) is 15.5 Å². The Kier molecular flexibility index (Phi) is 6.01. The molecule has 0 saturated carbocycles. The third kappa shape index (κ3) is 4.58. The highest BCUT2D eigenvalue weighted by atomic mass is 32.1. The first-order valence-corrected chi connectivity index (χ1v) is 8.26. The van der Waals surface area contributed by atoms with Gasteiger partial charge < -0.3 is 10.6 Å². The first-order valence-electron chi connectivity index (χ1n) is 7.38. The molecular formula is C15H25N3OS. The molecule has 1 aliphatic rings. The van der Waals surface area contributed by atoms with Crippen molar-refractivity contribution in [3.8, 4) is 0 Å². The smallest absolute Gasteiger partial charge is 0.234 e. The van der Waals surface area contributed by atoms with Gasteiger partial charge in [-0.3, -0.25) is 9.69 Å². The minimum absolute atomic E-state index is 0.111. The molecule has 0 aliphatic carbocycles. The zero-order chi connectivity index (χ0) is 14.4. The molecule has 2 N–H and O–H groups in total. The fourth-order valence-electron chi connectivity index (χ4n) is 2.85. The van der Waals surface area contributed by atoms with Crippen LogP contribution in [0.15, 0.2) is 17.5 Å². The van der Waals surface area contributed by atoms with Gasteiger partial charge in [-0.15, -0.1) is 11.3 Å². The van der Waals surface area contributed by atoms with E-state index in [0.29, 0.717) is 12.5 Å². The van der Waals surface area contributed by atoms with E-state index in [4.69, 9.17) is 0 Å². The molecule has 2 heterocycles. The van der Waals surface area contributed by atoms with Crippen LogP contribution in [0.1, 0.15) is 30.7 Å². The highest BCUT2D eigenvalue weighted by Crippen LogP contribution is 2.18. The molecule has 1 fully saturated rings. The molecule has 1 aliphatic heterocycles. The average Bonchev–Trinajstić information content (AvgIpc) is 2.93. The molecule has 2 unspecified atom stereocenters. The lowest BCUT2D eigenvalue weighted by molar-refractivity contribution is -0.123. The number of carbonyl (C=O) groups excluding carboxylic acids is 1. The molecule has 1 amide bonds.